The van der Waals surface area contributed by atoms with Gasteiger partial charge in [-0.1, -0.05) is 32.0 Å². The maximum Gasteiger partial charge on any atom is 0.335 e. The number of aliphatic hydroxyl groups excluding tert-OH is 3. The second kappa shape index (κ2) is 8.32. The first-order valence-corrected chi connectivity index (χ1v) is 8.52. The molecule has 2 rings (SSSR count). The van der Waals surface area contributed by atoms with Crippen molar-refractivity contribution in [2.24, 2.45) is 0 Å². The van der Waals surface area contributed by atoms with E-state index in [4.69, 9.17) is 14.6 Å². The third kappa shape index (κ3) is 4.33. The zero-order valence-corrected chi connectivity index (χ0v) is 14.9. The largest absolute Gasteiger partial charge is 0.507 e. The molecule has 1 aromatic rings. The summed E-state index contributed by atoms with van der Waals surface area (Å²) in [4.78, 5) is 11.1. The highest BCUT2D eigenvalue weighted by atomic mass is 16.7. The number of phenols is 1. The van der Waals surface area contributed by atoms with Crippen molar-refractivity contribution in [2.45, 2.75) is 69.9 Å². The van der Waals surface area contributed by atoms with Crippen molar-refractivity contribution in [1.82, 2.24) is 0 Å². The lowest BCUT2D eigenvalue weighted by Crippen LogP contribution is -2.60. The third-order valence-electron chi connectivity index (χ3n) is 4.46. The Morgan fingerprint density at radius 2 is 1.81 bits per heavy atom. The number of carboxylic acid groups (broad SMARTS) is 1. The molecule has 0 radical (unpaired) electrons. The first kappa shape index (κ1) is 20.6. The Hall–Kier alpha value is -1.71. The van der Waals surface area contributed by atoms with Crippen LogP contribution in [0.5, 0.6) is 5.75 Å². The second-order valence-electron chi connectivity index (χ2n) is 6.90. The molecule has 8 nitrogen and oxygen atoms in total. The minimum atomic E-state index is -1.76. The standard InChI is InChI=1S/C18H26O8/c1-8(2)11-6-4-5-10(12(11)19)7-9(3)25-18-15(22)13(20)14(21)16(26-18)17(23)24/h4-6,8-9,13-16,18-22H,7H2,1-3H3,(H,23,24)/t9?,13-,14-,15+,16-,18+/m0/s1. The van der Waals surface area contributed by atoms with Gasteiger partial charge in [-0.05, 0) is 24.0 Å². The zero-order chi connectivity index (χ0) is 19.6. The lowest BCUT2D eigenvalue weighted by molar-refractivity contribution is -0.302. The number of benzene rings is 1. The summed E-state index contributed by atoms with van der Waals surface area (Å²) in [5.41, 5.74) is 1.44. The van der Waals surface area contributed by atoms with Gasteiger partial charge in [-0.25, -0.2) is 4.79 Å². The molecule has 8 heteroatoms. The Morgan fingerprint density at radius 3 is 2.38 bits per heavy atom. The Bertz CT molecular complexity index is 632. The second-order valence-corrected chi connectivity index (χ2v) is 6.90. The van der Waals surface area contributed by atoms with Crippen molar-refractivity contribution in [3.63, 3.8) is 0 Å². The van der Waals surface area contributed by atoms with Crippen LogP contribution in [-0.4, -0.2) is 68.3 Å². The molecule has 0 spiro atoms. The number of aromatic hydroxyl groups is 1. The highest BCUT2D eigenvalue weighted by Crippen LogP contribution is 2.30. The van der Waals surface area contributed by atoms with Gasteiger partial charge in [-0.2, -0.15) is 0 Å². The van der Waals surface area contributed by atoms with Crippen molar-refractivity contribution in [3.8, 4) is 5.75 Å². The number of ether oxygens (including phenoxy) is 2. The highest BCUT2D eigenvalue weighted by molar-refractivity contribution is 5.73. The SMILES string of the molecule is CC(Cc1cccc(C(C)C)c1O)O[C@@H]1O[C@H](C(=O)O)[C@@H](O)[C@H](O)[C@H]1O. The van der Waals surface area contributed by atoms with Crippen LogP contribution in [0.15, 0.2) is 18.2 Å². The van der Waals surface area contributed by atoms with Gasteiger partial charge in [0, 0.05) is 6.42 Å². The predicted octanol–water partition coefficient (Wildman–Crippen LogP) is 0.355. The molecule has 5 N–H and O–H groups in total. The molecule has 0 saturated carbocycles. The summed E-state index contributed by atoms with van der Waals surface area (Å²) in [5, 5.41) is 48.9. The first-order valence-electron chi connectivity index (χ1n) is 8.52. The summed E-state index contributed by atoms with van der Waals surface area (Å²) in [7, 11) is 0. The van der Waals surface area contributed by atoms with E-state index >= 15 is 0 Å². The molecule has 1 unspecified atom stereocenters. The van der Waals surface area contributed by atoms with Crippen LogP contribution in [0.25, 0.3) is 0 Å². The molecule has 26 heavy (non-hydrogen) atoms. The summed E-state index contributed by atoms with van der Waals surface area (Å²) < 4.78 is 10.6. The van der Waals surface area contributed by atoms with E-state index in [1.807, 2.05) is 26.0 Å². The fraction of sp³-hybridized carbons (Fsp3) is 0.611. The quantitative estimate of drug-likeness (QED) is 0.484. The number of hydrogen-bond acceptors (Lipinski definition) is 7. The van der Waals surface area contributed by atoms with Gasteiger partial charge in [0.1, 0.15) is 24.1 Å². The van der Waals surface area contributed by atoms with Gasteiger partial charge in [-0.15, -0.1) is 0 Å². The van der Waals surface area contributed by atoms with E-state index in [9.17, 15) is 25.2 Å². The first-order chi connectivity index (χ1) is 12.1. The van der Waals surface area contributed by atoms with E-state index in [0.717, 1.165) is 5.56 Å². The molecule has 1 fully saturated rings. The number of carbonyl (C=O) groups is 1. The number of para-hydroxylation sites is 1. The molecule has 146 valence electrons. The smallest absolute Gasteiger partial charge is 0.335 e. The molecular formula is C18H26O8. The van der Waals surface area contributed by atoms with Gasteiger partial charge in [0.25, 0.3) is 0 Å². The topological polar surface area (TPSA) is 137 Å². The molecule has 1 aliphatic heterocycles. The maximum atomic E-state index is 11.1. The van der Waals surface area contributed by atoms with Crippen LogP contribution in [0.1, 0.15) is 37.8 Å². The summed E-state index contributed by atoms with van der Waals surface area (Å²) in [6.45, 7) is 5.60. The van der Waals surface area contributed by atoms with E-state index in [1.165, 1.54) is 0 Å². The monoisotopic (exact) mass is 370 g/mol. The molecule has 1 aliphatic rings. The van der Waals surface area contributed by atoms with Crippen LogP contribution >= 0.6 is 0 Å². The number of aliphatic carboxylic acids is 1. The van der Waals surface area contributed by atoms with E-state index in [-0.39, 0.29) is 18.1 Å². The van der Waals surface area contributed by atoms with Gasteiger partial charge in [0.15, 0.2) is 12.4 Å². The Kier molecular flexibility index (Phi) is 6.59. The Balaban J connectivity index is 2.08. The van der Waals surface area contributed by atoms with Gasteiger partial charge in [0.2, 0.25) is 0 Å². The molecule has 0 aliphatic carbocycles. The lowest BCUT2D eigenvalue weighted by atomic mass is 9.96. The molecule has 6 atom stereocenters. The average molecular weight is 370 g/mol. The highest BCUT2D eigenvalue weighted by Gasteiger charge is 2.47. The third-order valence-corrected chi connectivity index (χ3v) is 4.46. The minimum absolute atomic E-state index is 0.141. The maximum absolute atomic E-state index is 11.1. The van der Waals surface area contributed by atoms with Crippen molar-refractivity contribution in [1.29, 1.82) is 0 Å². The number of aliphatic hydroxyl groups is 3. The number of rotatable bonds is 6. The number of carboxylic acids is 1. The van der Waals surface area contributed by atoms with Gasteiger partial charge < -0.3 is 35.0 Å². The minimum Gasteiger partial charge on any atom is -0.507 e. The molecule has 0 bridgehead atoms. The average Bonchev–Trinajstić information content (AvgIpc) is 2.56. The van der Waals surface area contributed by atoms with Crippen molar-refractivity contribution >= 4 is 5.97 Å². The van der Waals surface area contributed by atoms with Crippen LogP contribution in [0.3, 0.4) is 0 Å². The van der Waals surface area contributed by atoms with Crippen LogP contribution in [0.4, 0.5) is 0 Å². The van der Waals surface area contributed by atoms with Gasteiger partial charge in [0.05, 0.1) is 6.10 Å². The molecule has 0 aromatic heterocycles. The van der Waals surface area contributed by atoms with Gasteiger partial charge in [-0.3, -0.25) is 0 Å². The number of hydrogen-bond donors (Lipinski definition) is 5. The Labute approximate surface area is 151 Å². The summed E-state index contributed by atoms with van der Waals surface area (Å²) >= 11 is 0. The number of phenolic OH excluding ortho intramolecular Hbond substituents is 1. The Morgan fingerprint density at radius 1 is 1.15 bits per heavy atom. The lowest BCUT2D eigenvalue weighted by Gasteiger charge is -2.39. The van der Waals surface area contributed by atoms with E-state index in [0.29, 0.717) is 5.56 Å². The molecule has 1 heterocycles. The molecule has 0 amide bonds. The van der Waals surface area contributed by atoms with E-state index < -0.39 is 42.8 Å². The van der Waals surface area contributed by atoms with E-state index in [1.54, 1.807) is 13.0 Å². The summed E-state index contributed by atoms with van der Waals surface area (Å²) in [6.07, 6.45) is -8.46. The summed E-state index contributed by atoms with van der Waals surface area (Å²) in [6, 6.07) is 5.40. The normalized spacial score (nSPS) is 30.3. The fourth-order valence-corrected chi connectivity index (χ4v) is 2.99. The molecule has 1 aromatic carbocycles. The zero-order valence-electron chi connectivity index (χ0n) is 14.9. The van der Waals surface area contributed by atoms with Crippen LogP contribution < -0.4 is 0 Å². The van der Waals surface area contributed by atoms with Crippen molar-refractivity contribution in [2.75, 3.05) is 0 Å². The van der Waals surface area contributed by atoms with Crippen LogP contribution in [0, 0.1) is 0 Å². The fourth-order valence-electron chi connectivity index (χ4n) is 2.99. The van der Waals surface area contributed by atoms with Crippen LogP contribution in [-0.2, 0) is 20.7 Å². The van der Waals surface area contributed by atoms with Crippen molar-refractivity contribution < 1.29 is 39.8 Å². The van der Waals surface area contributed by atoms with Gasteiger partial charge >= 0.3 is 5.97 Å². The van der Waals surface area contributed by atoms with Crippen LogP contribution in [0.2, 0.25) is 0 Å². The predicted molar refractivity (Wildman–Crippen MR) is 90.8 cm³/mol. The van der Waals surface area contributed by atoms with Crippen molar-refractivity contribution in [3.05, 3.63) is 29.3 Å². The van der Waals surface area contributed by atoms with E-state index in [2.05, 4.69) is 0 Å². The summed E-state index contributed by atoms with van der Waals surface area (Å²) in [5.74, 6) is -1.16. The molecule has 1 saturated heterocycles. The molecular weight excluding hydrogens is 344 g/mol.